The van der Waals surface area contributed by atoms with E-state index >= 15 is 0 Å². The molecule has 2 aromatic carbocycles. The molecule has 0 atom stereocenters. The molecule has 0 amide bonds. The topological polar surface area (TPSA) is 0 Å². The van der Waals surface area contributed by atoms with Gasteiger partial charge in [-0.05, 0) is 0 Å². The summed E-state index contributed by atoms with van der Waals surface area (Å²) in [7, 11) is 0. The van der Waals surface area contributed by atoms with Gasteiger partial charge in [-0.1, -0.05) is 48.5 Å². The second kappa shape index (κ2) is 8.99. The van der Waals surface area contributed by atoms with E-state index in [2.05, 4.69) is 25.3 Å². The van der Waals surface area contributed by atoms with Gasteiger partial charge in [-0.3, -0.25) is 0 Å². The molecule has 2 rings (SSSR count). The average Bonchev–Trinajstić information content (AvgIpc) is 2.38. The summed E-state index contributed by atoms with van der Waals surface area (Å²) in [5.74, 6) is 0. The largest absolute Gasteiger partial charge is 2.00 e. The summed E-state index contributed by atoms with van der Waals surface area (Å²) < 4.78 is 71.3. The molecular weight excluding hydrogens is 438 g/mol. The van der Waals surface area contributed by atoms with Crippen molar-refractivity contribution in [2.45, 2.75) is 22.1 Å². The van der Waals surface area contributed by atoms with E-state index in [1.54, 1.807) is 0 Å². The quantitative estimate of drug-likeness (QED) is 0.403. The summed E-state index contributed by atoms with van der Waals surface area (Å²) in [6.07, 6.45) is -8.52. The van der Waals surface area contributed by atoms with E-state index in [0.29, 0.717) is 9.79 Å². The summed E-state index contributed by atoms with van der Waals surface area (Å²) in [5.41, 5.74) is -1.32. The first-order chi connectivity index (χ1) is 10.00. The maximum absolute atomic E-state index is 11.9. The van der Waals surface area contributed by atoms with E-state index in [1.807, 2.05) is 0 Å². The number of halogens is 6. The second-order valence-corrected chi connectivity index (χ2v) is 4.99. The monoisotopic (exact) mass is 444 g/mol. The Kier molecular flexibility index (Phi) is 8.73. The predicted octanol–water partition coefficient (Wildman–Crippen LogP) is 5.22. The SMILES string of the molecule is FC(F)(F)c1ccc([S-])cc1.FC(F)(F)c1ccc([S-])cc1.[Zr+2]. The average molecular weight is 446 g/mol. The zero-order chi connectivity index (χ0) is 17.0. The van der Waals surface area contributed by atoms with Crippen molar-refractivity contribution >= 4 is 25.3 Å². The van der Waals surface area contributed by atoms with Crippen LogP contribution in [0.2, 0.25) is 0 Å². The summed E-state index contributed by atoms with van der Waals surface area (Å²) in [5, 5.41) is 0. The Balaban J connectivity index is 0.000000403. The fourth-order valence-corrected chi connectivity index (χ4v) is 1.56. The molecule has 0 nitrogen and oxygen atoms in total. The van der Waals surface area contributed by atoms with Gasteiger partial charge in [0, 0.05) is 0 Å². The molecule has 0 radical (unpaired) electrons. The molecule has 0 spiro atoms. The van der Waals surface area contributed by atoms with E-state index in [4.69, 9.17) is 0 Å². The summed E-state index contributed by atoms with van der Waals surface area (Å²) in [6, 6.07) is 8.95. The Bertz CT molecular complexity index is 535. The number of rotatable bonds is 0. The first-order valence-corrected chi connectivity index (χ1v) is 6.50. The van der Waals surface area contributed by atoms with E-state index in [-0.39, 0.29) is 26.2 Å². The standard InChI is InChI=1S/2C7H5F3S.Zr/c2*8-7(9,10)5-1-3-6(11)4-2-5;/h2*1-4,11H;/q;;+2/p-2. The van der Waals surface area contributed by atoms with Crippen molar-refractivity contribution in [2.75, 3.05) is 0 Å². The third kappa shape index (κ3) is 8.13. The van der Waals surface area contributed by atoms with Gasteiger partial charge in [0.1, 0.15) is 0 Å². The maximum Gasteiger partial charge on any atom is 2.00 e. The van der Waals surface area contributed by atoms with Gasteiger partial charge in [0.25, 0.3) is 0 Å². The van der Waals surface area contributed by atoms with Gasteiger partial charge in [0.15, 0.2) is 0 Å². The van der Waals surface area contributed by atoms with Crippen LogP contribution in [0.25, 0.3) is 0 Å². The van der Waals surface area contributed by atoms with Crippen molar-refractivity contribution in [2.24, 2.45) is 0 Å². The molecular formula is C14H8F6S2Zr. The molecule has 0 unspecified atom stereocenters. The van der Waals surface area contributed by atoms with Crippen LogP contribution >= 0.6 is 0 Å². The Labute approximate surface area is 159 Å². The van der Waals surface area contributed by atoms with Crippen LogP contribution in [-0.2, 0) is 63.8 Å². The zero-order valence-corrected chi connectivity index (χ0v) is 15.3. The normalized spacial score (nSPS) is 11.0. The van der Waals surface area contributed by atoms with E-state index in [1.165, 1.54) is 24.3 Å². The molecule has 122 valence electrons. The van der Waals surface area contributed by atoms with Crippen LogP contribution < -0.4 is 0 Å². The Hall–Kier alpha value is -0.657. The number of hydrogen-bond acceptors (Lipinski definition) is 2. The smallest absolute Gasteiger partial charge is 0.780 e. The molecule has 0 N–H and O–H groups in total. The molecule has 0 saturated carbocycles. The van der Waals surface area contributed by atoms with Gasteiger partial charge < -0.3 is 25.3 Å². The van der Waals surface area contributed by atoms with Crippen molar-refractivity contribution in [3.63, 3.8) is 0 Å². The molecule has 0 aliphatic carbocycles. The molecule has 0 aliphatic heterocycles. The van der Waals surface area contributed by atoms with Crippen LogP contribution in [0.4, 0.5) is 26.3 Å². The Morgan fingerprint density at radius 1 is 0.522 bits per heavy atom. The molecule has 0 aliphatic rings. The Morgan fingerprint density at radius 2 is 0.739 bits per heavy atom. The second-order valence-electron chi connectivity index (χ2n) is 4.04. The molecule has 0 heterocycles. The first-order valence-electron chi connectivity index (χ1n) is 5.68. The first kappa shape index (κ1) is 22.3. The van der Waals surface area contributed by atoms with Crippen molar-refractivity contribution in [1.82, 2.24) is 0 Å². The van der Waals surface area contributed by atoms with Crippen molar-refractivity contribution < 1.29 is 52.5 Å². The molecule has 0 bridgehead atoms. The summed E-state index contributed by atoms with van der Waals surface area (Å²) >= 11 is 9.25. The Morgan fingerprint density at radius 3 is 0.913 bits per heavy atom. The molecule has 0 saturated heterocycles. The minimum atomic E-state index is -4.26. The van der Waals surface area contributed by atoms with Crippen LogP contribution in [0.1, 0.15) is 11.1 Å². The summed E-state index contributed by atoms with van der Waals surface area (Å²) in [4.78, 5) is 0.830. The molecule has 23 heavy (non-hydrogen) atoms. The van der Waals surface area contributed by atoms with Gasteiger partial charge >= 0.3 is 38.6 Å². The van der Waals surface area contributed by atoms with E-state index in [9.17, 15) is 26.3 Å². The number of hydrogen-bond donors (Lipinski definition) is 0. The third-order valence-electron chi connectivity index (χ3n) is 2.36. The van der Waals surface area contributed by atoms with Gasteiger partial charge in [-0.25, -0.2) is 0 Å². The number of benzene rings is 2. The van der Waals surface area contributed by atoms with Crippen molar-refractivity contribution in [1.29, 1.82) is 0 Å². The maximum atomic E-state index is 11.9. The summed E-state index contributed by atoms with van der Waals surface area (Å²) in [6.45, 7) is 0. The van der Waals surface area contributed by atoms with Crippen molar-refractivity contribution in [3.05, 3.63) is 59.7 Å². The third-order valence-corrected chi connectivity index (χ3v) is 2.91. The van der Waals surface area contributed by atoms with Crippen LogP contribution in [0.5, 0.6) is 0 Å². The van der Waals surface area contributed by atoms with Gasteiger partial charge in [0.2, 0.25) is 0 Å². The van der Waals surface area contributed by atoms with Crippen LogP contribution in [0.15, 0.2) is 58.3 Å². The van der Waals surface area contributed by atoms with Crippen molar-refractivity contribution in [3.8, 4) is 0 Å². The zero-order valence-electron chi connectivity index (χ0n) is 11.2. The van der Waals surface area contributed by atoms with Gasteiger partial charge in [0.05, 0.1) is 11.1 Å². The van der Waals surface area contributed by atoms with Gasteiger partial charge in [-0.15, -0.1) is 0 Å². The van der Waals surface area contributed by atoms with E-state index < -0.39 is 23.5 Å². The van der Waals surface area contributed by atoms with E-state index in [0.717, 1.165) is 24.3 Å². The van der Waals surface area contributed by atoms with Crippen LogP contribution in [-0.4, -0.2) is 0 Å². The fraction of sp³-hybridized carbons (Fsp3) is 0.143. The molecule has 2 aromatic rings. The predicted molar refractivity (Wildman–Crippen MR) is 74.2 cm³/mol. The van der Waals surface area contributed by atoms with Crippen LogP contribution in [0.3, 0.4) is 0 Å². The molecule has 9 heteroatoms. The minimum Gasteiger partial charge on any atom is -0.780 e. The van der Waals surface area contributed by atoms with Gasteiger partial charge in [-0.2, -0.15) is 36.1 Å². The molecule has 0 fully saturated rings. The number of alkyl halides is 6. The minimum absolute atomic E-state index is 0. The molecule has 0 aromatic heterocycles. The van der Waals surface area contributed by atoms with Crippen LogP contribution in [0, 0.1) is 0 Å². The fourth-order valence-electron chi connectivity index (χ4n) is 1.29.